The monoisotopic (exact) mass is 293 g/mol. The molecule has 0 unspecified atom stereocenters. The van der Waals surface area contributed by atoms with Crippen molar-refractivity contribution < 1.29 is 14.2 Å². The number of benzene rings is 1. The summed E-state index contributed by atoms with van der Waals surface area (Å²) >= 11 is 0. The first-order chi connectivity index (χ1) is 10.1. The van der Waals surface area contributed by atoms with E-state index >= 15 is 0 Å². The fraction of sp³-hybridized carbons (Fsp3) is 0.647. The molecule has 0 atom stereocenters. The molecule has 2 rings (SSSR count). The van der Waals surface area contributed by atoms with Gasteiger partial charge in [0.05, 0.1) is 0 Å². The Morgan fingerprint density at radius 2 is 1.95 bits per heavy atom. The van der Waals surface area contributed by atoms with Crippen molar-refractivity contribution >= 4 is 0 Å². The lowest BCUT2D eigenvalue weighted by Gasteiger charge is -2.19. The van der Waals surface area contributed by atoms with E-state index in [9.17, 15) is 0 Å². The molecule has 118 valence electrons. The summed E-state index contributed by atoms with van der Waals surface area (Å²) in [6, 6.07) is 6.36. The maximum absolute atomic E-state index is 6.08. The standard InChI is InChI=1S/C17H27NO3/c1-5-19-15(20-6-2)12-18-11-14-9-7-8-13-10-17(3,4)21-16(13)14/h7-9,15,18H,5-6,10-12H2,1-4H3. The molecule has 0 radical (unpaired) electrons. The predicted molar refractivity (Wildman–Crippen MR) is 83.6 cm³/mol. The number of para-hydroxylation sites is 1. The molecule has 1 aliphatic heterocycles. The fourth-order valence-corrected chi connectivity index (χ4v) is 2.68. The molecule has 1 aromatic carbocycles. The van der Waals surface area contributed by atoms with E-state index in [4.69, 9.17) is 14.2 Å². The van der Waals surface area contributed by atoms with E-state index in [1.165, 1.54) is 11.1 Å². The highest BCUT2D eigenvalue weighted by Gasteiger charge is 2.31. The summed E-state index contributed by atoms with van der Waals surface area (Å²) in [5.74, 6) is 1.04. The minimum atomic E-state index is -0.186. The molecule has 0 amide bonds. The van der Waals surface area contributed by atoms with Crippen molar-refractivity contribution in [3.8, 4) is 5.75 Å². The third-order valence-electron chi connectivity index (χ3n) is 3.50. The molecule has 0 saturated carbocycles. The van der Waals surface area contributed by atoms with Crippen LogP contribution in [0.5, 0.6) is 5.75 Å². The molecular formula is C17H27NO3. The van der Waals surface area contributed by atoms with Gasteiger partial charge in [0.15, 0.2) is 6.29 Å². The zero-order valence-corrected chi connectivity index (χ0v) is 13.6. The number of rotatable bonds is 8. The van der Waals surface area contributed by atoms with Crippen LogP contribution in [0.4, 0.5) is 0 Å². The molecule has 4 heteroatoms. The van der Waals surface area contributed by atoms with Crippen LogP contribution in [0, 0.1) is 0 Å². The van der Waals surface area contributed by atoms with E-state index in [0.717, 1.165) is 18.7 Å². The lowest BCUT2D eigenvalue weighted by atomic mass is 10.0. The van der Waals surface area contributed by atoms with E-state index in [-0.39, 0.29) is 11.9 Å². The molecule has 0 bridgehead atoms. The van der Waals surface area contributed by atoms with Crippen molar-refractivity contribution in [2.24, 2.45) is 0 Å². The highest BCUT2D eigenvalue weighted by Crippen LogP contribution is 2.37. The van der Waals surface area contributed by atoms with Crippen molar-refractivity contribution in [2.45, 2.75) is 52.6 Å². The summed E-state index contributed by atoms with van der Waals surface area (Å²) in [6.45, 7) is 11.0. The van der Waals surface area contributed by atoms with E-state index in [0.29, 0.717) is 19.8 Å². The maximum Gasteiger partial charge on any atom is 0.169 e. The summed E-state index contributed by atoms with van der Waals surface area (Å²) in [7, 11) is 0. The third-order valence-corrected chi connectivity index (χ3v) is 3.50. The Balaban J connectivity index is 1.91. The number of hydrogen-bond acceptors (Lipinski definition) is 4. The van der Waals surface area contributed by atoms with Gasteiger partial charge >= 0.3 is 0 Å². The minimum absolute atomic E-state index is 0.0996. The number of nitrogens with one attached hydrogen (secondary N) is 1. The quantitative estimate of drug-likeness (QED) is 0.748. The van der Waals surface area contributed by atoms with Crippen LogP contribution in [0.25, 0.3) is 0 Å². The Morgan fingerprint density at radius 3 is 2.62 bits per heavy atom. The molecular weight excluding hydrogens is 266 g/mol. The van der Waals surface area contributed by atoms with Crippen LogP contribution in [0.15, 0.2) is 18.2 Å². The normalized spacial score (nSPS) is 16.0. The topological polar surface area (TPSA) is 39.7 Å². The Bertz CT molecular complexity index is 453. The largest absolute Gasteiger partial charge is 0.487 e. The summed E-state index contributed by atoms with van der Waals surface area (Å²) in [5.41, 5.74) is 2.40. The smallest absolute Gasteiger partial charge is 0.169 e. The molecule has 4 nitrogen and oxygen atoms in total. The first-order valence-corrected chi connectivity index (χ1v) is 7.79. The first kappa shape index (κ1) is 16.3. The van der Waals surface area contributed by atoms with Gasteiger partial charge in [0.2, 0.25) is 0 Å². The number of fused-ring (bicyclic) bond motifs is 1. The molecule has 1 aromatic rings. The molecule has 0 spiro atoms. The Labute approximate surface area is 127 Å². The minimum Gasteiger partial charge on any atom is -0.487 e. The van der Waals surface area contributed by atoms with Crippen LogP contribution in [0.1, 0.15) is 38.8 Å². The van der Waals surface area contributed by atoms with E-state index in [1.54, 1.807) is 0 Å². The van der Waals surface area contributed by atoms with Crippen LogP contribution >= 0.6 is 0 Å². The lowest BCUT2D eigenvalue weighted by Crippen LogP contribution is -2.31. The van der Waals surface area contributed by atoms with Crippen LogP contribution in [0.3, 0.4) is 0 Å². The molecule has 0 saturated heterocycles. The molecule has 0 fully saturated rings. The zero-order chi connectivity index (χ0) is 15.3. The highest BCUT2D eigenvalue weighted by molar-refractivity contribution is 5.45. The van der Waals surface area contributed by atoms with Crippen molar-refractivity contribution in [3.63, 3.8) is 0 Å². The molecule has 0 aromatic heterocycles. The van der Waals surface area contributed by atoms with Crippen molar-refractivity contribution in [1.82, 2.24) is 5.32 Å². The van der Waals surface area contributed by atoms with E-state index in [2.05, 4.69) is 37.4 Å². The van der Waals surface area contributed by atoms with Gasteiger partial charge in [-0.25, -0.2) is 0 Å². The number of ether oxygens (including phenoxy) is 3. The second-order valence-corrected chi connectivity index (χ2v) is 5.92. The van der Waals surface area contributed by atoms with Crippen LogP contribution in [0.2, 0.25) is 0 Å². The fourth-order valence-electron chi connectivity index (χ4n) is 2.68. The summed E-state index contributed by atoms with van der Waals surface area (Å²) in [6.07, 6.45) is 0.783. The summed E-state index contributed by atoms with van der Waals surface area (Å²) in [4.78, 5) is 0. The van der Waals surface area contributed by atoms with Gasteiger partial charge in [-0.15, -0.1) is 0 Å². The van der Waals surface area contributed by atoms with Gasteiger partial charge in [-0.05, 0) is 33.3 Å². The highest BCUT2D eigenvalue weighted by atomic mass is 16.7. The Morgan fingerprint density at radius 1 is 1.24 bits per heavy atom. The number of hydrogen-bond donors (Lipinski definition) is 1. The van der Waals surface area contributed by atoms with Crippen LogP contribution in [-0.4, -0.2) is 31.6 Å². The van der Waals surface area contributed by atoms with Gasteiger partial charge in [0, 0.05) is 38.3 Å². The average molecular weight is 293 g/mol. The second kappa shape index (κ2) is 7.25. The van der Waals surface area contributed by atoms with E-state index < -0.39 is 0 Å². The Kier molecular flexibility index (Phi) is 5.62. The van der Waals surface area contributed by atoms with Gasteiger partial charge in [0.25, 0.3) is 0 Å². The molecule has 0 aliphatic carbocycles. The maximum atomic E-state index is 6.08. The van der Waals surface area contributed by atoms with Gasteiger partial charge in [0.1, 0.15) is 11.4 Å². The van der Waals surface area contributed by atoms with Gasteiger partial charge < -0.3 is 19.5 Å². The Hall–Kier alpha value is -1.10. The SMILES string of the molecule is CCOC(CNCc1cccc2c1OC(C)(C)C2)OCC. The third kappa shape index (κ3) is 4.43. The second-order valence-electron chi connectivity index (χ2n) is 5.92. The van der Waals surface area contributed by atoms with E-state index in [1.807, 2.05) is 13.8 Å². The van der Waals surface area contributed by atoms with Crippen molar-refractivity contribution in [3.05, 3.63) is 29.3 Å². The lowest BCUT2D eigenvalue weighted by molar-refractivity contribution is -0.133. The summed E-state index contributed by atoms with van der Waals surface area (Å²) < 4.78 is 17.1. The van der Waals surface area contributed by atoms with Gasteiger partial charge in [-0.3, -0.25) is 0 Å². The molecule has 1 aliphatic rings. The molecule has 1 N–H and O–H groups in total. The van der Waals surface area contributed by atoms with Crippen LogP contribution in [-0.2, 0) is 22.4 Å². The van der Waals surface area contributed by atoms with Gasteiger partial charge in [-0.2, -0.15) is 0 Å². The molecule has 21 heavy (non-hydrogen) atoms. The van der Waals surface area contributed by atoms with Crippen molar-refractivity contribution in [2.75, 3.05) is 19.8 Å². The van der Waals surface area contributed by atoms with Gasteiger partial charge in [-0.1, -0.05) is 18.2 Å². The predicted octanol–water partition coefficient (Wildman–Crippen LogP) is 2.89. The van der Waals surface area contributed by atoms with Crippen molar-refractivity contribution in [1.29, 1.82) is 0 Å². The summed E-state index contributed by atoms with van der Waals surface area (Å²) in [5, 5.41) is 3.40. The van der Waals surface area contributed by atoms with Crippen LogP contribution < -0.4 is 10.1 Å². The zero-order valence-electron chi connectivity index (χ0n) is 13.6. The first-order valence-electron chi connectivity index (χ1n) is 7.79. The average Bonchev–Trinajstić information content (AvgIpc) is 2.74. The molecule has 1 heterocycles.